The largest absolute Gasteiger partial charge is 0.507 e. The van der Waals surface area contributed by atoms with Gasteiger partial charge in [-0.15, -0.1) is 0 Å². The number of phenols is 1. The standard InChI is InChI=1S/C16H18BrNO/c17-14-10(19)5-4-9-7-16-11-3-1-2-6-15(11,13(9)14)8-12(16)18-16/h4-5,11-12,18-19H,1-3,6-8H2. The number of hydrogen-bond donors (Lipinski definition) is 2. The topological polar surface area (TPSA) is 42.2 Å². The molecule has 0 amide bonds. The number of halogens is 1. The second-order valence-corrected chi connectivity index (χ2v) is 7.80. The predicted octanol–water partition coefficient (Wildman–Crippen LogP) is 3.25. The molecule has 2 bridgehead atoms. The minimum Gasteiger partial charge on any atom is -0.507 e. The fraction of sp³-hybridized carbons (Fsp3) is 0.625. The molecule has 4 unspecified atom stereocenters. The fourth-order valence-corrected chi connectivity index (χ4v) is 6.54. The zero-order valence-electron chi connectivity index (χ0n) is 10.9. The van der Waals surface area contributed by atoms with E-state index in [1.807, 2.05) is 6.07 Å². The van der Waals surface area contributed by atoms with E-state index in [0.29, 0.717) is 16.7 Å². The highest BCUT2D eigenvalue weighted by atomic mass is 79.9. The first-order valence-electron chi connectivity index (χ1n) is 7.46. The molecule has 1 aromatic rings. The third kappa shape index (κ3) is 1.10. The molecule has 3 fully saturated rings. The zero-order valence-corrected chi connectivity index (χ0v) is 12.5. The average molecular weight is 320 g/mol. The molecule has 2 nitrogen and oxygen atoms in total. The van der Waals surface area contributed by atoms with Crippen LogP contribution in [0.4, 0.5) is 0 Å². The van der Waals surface area contributed by atoms with Crippen molar-refractivity contribution < 1.29 is 5.11 Å². The Hall–Kier alpha value is -0.540. The van der Waals surface area contributed by atoms with Gasteiger partial charge in [-0.05, 0) is 64.7 Å². The van der Waals surface area contributed by atoms with E-state index < -0.39 is 0 Å². The first-order chi connectivity index (χ1) is 9.17. The summed E-state index contributed by atoms with van der Waals surface area (Å²) in [5.41, 5.74) is 3.69. The van der Waals surface area contributed by atoms with Crippen LogP contribution in [0, 0.1) is 5.92 Å². The number of rotatable bonds is 0. The van der Waals surface area contributed by atoms with Crippen molar-refractivity contribution in [2.24, 2.45) is 5.92 Å². The summed E-state index contributed by atoms with van der Waals surface area (Å²) in [5.74, 6) is 1.21. The van der Waals surface area contributed by atoms with E-state index in [1.165, 1.54) is 43.2 Å². The monoisotopic (exact) mass is 319 g/mol. The lowest BCUT2D eigenvalue weighted by atomic mass is 9.57. The van der Waals surface area contributed by atoms with Crippen molar-refractivity contribution in [3.05, 3.63) is 27.7 Å². The molecule has 1 aliphatic heterocycles. The van der Waals surface area contributed by atoms with Crippen LogP contribution in [0.2, 0.25) is 0 Å². The number of phenolic OH excluding ortho intramolecular Hbond substituents is 1. The van der Waals surface area contributed by atoms with Gasteiger partial charge in [0.05, 0.1) is 4.47 Å². The Labute approximate surface area is 121 Å². The van der Waals surface area contributed by atoms with E-state index in [2.05, 4.69) is 27.3 Å². The molecule has 3 aliphatic carbocycles. The summed E-state index contributed by atoms with van der Waals surface area (Å²) in [6, 6.07) is 4.75. The van der Waals surface area contributed by atoms with Crippen LogP contribution in [0.5, 0.6) is 5.75 Å². The van der Waals surface area contributed by atoms with Gasteiger partial charge in [0.25, 0.3) is 0 Å². The summed E-state index contributed by atoms with van der Waals surface area (Å²) in [6.45, 7) is 0. The van der Waals surface area contributed by atoms with Crippen molar-refractivity contribution in [2.45, 2.75) is 55.5 Å². The fourth-order valence-electron chi connectivity index (χ4n) is 5.76. The molecule has 1 aromatic carbocycles. The number of benzene rings is 1. The molecule has 0 aromatic heterocycles. The first kappa shape index (κ1) is 11.2. The molecule has 100 valence electrons. The Bertz CT molecular complexity index is 601. The number of nitrogens with one attached hydrogen (secondary N) is 1. The molecule has 19 heavy (non-hydrogen) atoms. The van der Waals surface area contributed by atoms with Crippen LogP contribution in [0.15, 0.2) is 16.6 Å². The lowest BCUT2D eigenvalue weighted by Gasteiger charge is -2.49. The zero-order chi connectivity index (χ0) is 12.8. The van der Waals surface area contributed by atoms with Crippen molar-refractivity contribution in [3.8, 4) is 5.75 Å². The van der Waals surface area contributed by atoms with Crippen LogP contribution in [-0.2, 0) is 11.8 Å². The van der Waals surface area contributed by atoms with Gasteiger partial charge in [-0.2, -0.15) is 0 Å². The third-order valence-electron chi connectivity index (χ3n) is 6.39. The minimum atomic E-state index is 0.347. The van der Waals surface area contributed by atoms with Crippen molar-refractivity contribution in [1.29, 1.82) is 0 Å². The minimum absolute atomic E-state index is 0.347. The highest BCUT2D eigenvalue weighted by Crippen LogP contribution is 2.68. The van der Waals surface area contributed by atoms with Crippen LogP contribution in [0.25, 0.3) is 0 Å². The smallest absolute Gasteiger partial charge is 0.130 e. The van der Waals surface area contributed by atoms with Gasteiger partial charge in [-0.3, -0.25) is 0 Å². The van der Waals surface area contributed by atoms with Gasteiger partial charge in [-0.25, -0.2) is 0 Å². The maximum Gasteiger partial charge on any atom is 0.130 e. The molecule has 4 aliphatic rings. The van der Waals surface area contributed by atoms with Crippen molar-refractivity contribution in [1.82, 2.24) is 5.32 Å². The molecule has 5 rings (SSSR count). The molecular formula is C16H18BrNO. The molecule has 4 atom stereocenters. The van der Waals surface area contributed by atoms with Crippen molar-refractivity contribution in [3.63, 3.8) is 0 Å². The number of fused-ring (bicyclic) bond motifs is 1. The van der Waals surface area contributed by atoms with Crippen LogP contribution < -0.4 is 5.32 Å². The molecule has 2 N–H and O–H groups in total. The van der Waals surface area contributed by atoms with Gasteiger partial charge < -0.3 is 10.4 Å². The lowest BCUT2D eigenvalue weighted by molar-refractivity contribution is 0.151. The molecule has 1 spiro atoms. The summed E-state index contributed by atoms with van der Waals surface area (Å²) < 4.78 is 0.980. The van der Waals surface area contributed by atoms with Crippen LogP contribution in [0.1, 0.15) is 43.2 Å². The summed E-state index contributed by atoms with van der Waals surface area (Å²) >= 11 is 3.68. The van der Waals surface area contributed by atoms with E-state index in [9.17, 15) is 5.11 Å². The molecule has 0 radical (unpaired) electrons. The molecule has 1 saturated heterocycles. The molecular weight excluding hydrogens is 302 g/mol. The Morgan fingerprint density at radius 2 is 2.21 bits per heavy atom. The maximum atomic E-state index is 10.1. The van der Waals surface area contributed by atoms with Crippen molar-refractivity contribution >= 4 is 15.9 Å². The molecule has 1 heterocycles. The van der Waals surface area contributed by atoms with Gasteiger partial charge in [0, 0.05) is 17.0 Å². The summed E-state index contributed by atoms with van der Waals surface area (Å²) in [5, 5.41) is 13.9. The van der Waals surface area contributed by atoms with Gasteiger partial charge in [0.2, 0.25) is 0 Å². The molecule has 2 saturated carbocycles. The quantitative estimate of drug-likeness (QED) is 0.721. The van der Waals surface area contributed by atoms with E-state index in [-0.39, 0.29) is 0 Å². The average Bonchev–Trinajstić information content (AvgIpc) is 3.01. The maximum absolute atomic E-state index is 10.1. The van der Waals surface area contributed by atoms with Crippen LogP contribution >= 0.6 is 15.9 Å². The second kappa shape index (κ2) is 3.20. The van der Waals surface area contributed by atoms with Gasteiger partial charge in [0.15, 0.2) is 0 Å². The van der Waals surface area contributed by atoms with Gasteiger partial charge in [-0.1, -0.05) is 18.9 Å². The van der Waals surface area contributed by atoms with E-state index in [4.69, 9.17) is 0 Å². The van der Waals surface area contributed by atoms with Gasteiger partial charge >= 0.3 is 0 Å². The Morgan fingerprint density at radius 1 is 1.32 bits per heavy atom. The van der Waals surface area contributed by atoms with E-state index >= 15 is 0 Å². The normalized spacial score (nSPS) is 45.3. The summed E-state index contributed by atoms with van der Waals surface area (Å²) in [7, 11) is 0. The second-order valence-electron chi connectivity index (χ2n) is 7.01. The summed E-state index contributed by atoms with van der Waals surface area (Å²) in [4.78, 5) is 0. The Kier molecular flexibility index (Phi) is 1.88. The lowest BCUT2D eigenvalue weighted by Crippen LogP contribution is -2.49. The molecule has 3 heteroatoms. The SMILES string of the molecule is Oc1ccc2c(c1Br)C13CCCCC1C1(C2)NC1C3. The van der Waals surface area contributed by atoms with Gasteiger partial charge in [0.1, 0.15) is 5.75 Å². The third-order valence-corrected chi connectivity index (χ3v) is 7.20. The number of aromatic hydroxyl groups is 1. The van der Waals surface area contributed by atoms with Crippen molar-refractivity contribution in [2.75, 3.05) is 0 Å². The number of piperidine rings is 1. The van der Waals surface area contributed by atoms with E-state index in [0.717, 1.165) is 22.9 Å². The first-order valence-corrected chi connectivity index (χ1v) is 8.25. The van der Waals surface area contributed by atoms with E-state index in [1.54, 1.807) is 0 Å². The highest BCUT2D eigenvalue weighted by Gasteiger charge is 2.74. The summed E-state index contributed by atoms with van der Waals surface area (Å²) in [6.07, 6.45) is 7.86. The van der Waals surface area contributed by atoms with Crippen LogP contribution in [-0.4, -0.2) is 16.7 Å². The Morgan fingerprint density at radius 3 is 3.11 bits per heavy atom. The highest BCUT2D eigenvalue weighted by molar-refractivity contribution is 9.10. The Balaban J connectivity index is 1.81. The predicted molar refractivity (Wildman–Crippen MR) is 77.4 cm³/mol. The van der Waals surface area contributed by atoms with Crippen LogP contribution in [0.3, 0.4) is 0 Å². The number of hydrogen-bond acceptors (Lipinski definition) is 2.